The van der Waals surface area contributed by atoms with Crippen LogP contribution in [0.1, 0.15) is 12.2 Å². The third-order valence-electron chi connectivity index (χ3n) is 2.09. The predicted octanol–water partition coefficient (Wildman–Crippen LogP) is 1.13. The van der Waals surface area contributed by atoms with Gasteiger partial charge in [-0.15, -0.1) is 0 Å². The molecule has 0 saturated carbocycles. The molecule has 96 valence electrons. The Hall–Kier alpha value is -0.600. The second-order valence-electron chi connectivity index (χ2n) is 3.48. The van der Waals surface area contributed by atoms with Crippen molar-refractivity contribution in [1.29, 1.82) is 0 Å². The van der Waals surface area contributed by atoms with E-state index >= 15 is 0 Å². The van der Waals surface area contributed by atoms with Gasteiger partial charge in [-0.25, -0.2) is 0 Å². The van der Waals surface area contributed by atoms with Crippen LogP contribution in [0.4, 0.5) is 0 Å². The van der Waals surface area contributed by atoms with Crippen molar-refractivity contribution in [2.24, 2.45) is 0 Å². The van der Waals surface area contributed by atoms with Gasteiger partial charge in [0.15, 0.2) is 3.77 Å². The van der Waals surface area contributed by atoms with Gasteiger partial charge in [-0.2, -0.15) is 0 Å². The molecule has 5 nitrogen and oxygen atoms in total. The van der Waals surface area contributed by atoms with Crippen molar-refractivity contribution < 1.29 is 13.9 Å². The average molecular weight is 352 g/mol. The van der Waals surface area contributed by atoms with Crippen LogP contribution in [-0.2, 0) is 16.1 Å². The summed E-state index contributed by atoms with van der Waals surface area (Å²) >= 11 is 2.12. The molecule has 0 atom stereocenters. The van der Waals surface area contributed by atoms with E-state index in [0.29, 0.717) is 32.7 Å². The number of furan rings is 1. The summed E-state index contributed by atoms with van der Waals surface area (Å²) in [5.41, 5.74) is 0. The maximum atomic E-state index is 11.3. The normalized spacial score (nSPS) is 10.5. The molecule has 1 aromatic rings. The summed E-state index contributed by atoms with van der Waals surface area (Å²) in [6.07, 6.45) is 0.460. The Morgan fingerprint density at radius 1 is 1.47 bits per heavy atom. The zero-order valence-electron chi connectivity index (χ0n) is 9.79. The molecule has 1 amide bonds. The Morgan fingerprint density at radius 3 is 2.94 bits per heavy atom. The van der Waals surface area contributed by atoms with Crippen molar-refractivity contribution in [3.8, 4) is 0 Å². The van der Waals surface area contributed by atoms with Crippen molar-refractivity contribution in [2.45, 2.75) is 13.0 Å². The van der Waals surface area contributed by atoms with Crippen molar-refractivity contribution >= 4 is 28.5 Å². The fraction of sp³-hybridized carbons (Fsp3) is 0.545. The summed E-state index contributed by atoms with van der Waals surface area (Å²) in [5.74, 6) is 0.915. The van der Waals surface area contributed by atoms with Crippen LogP contribution >= 0.6 is 22.6 Å². The molecule has 0 aromatic carbocycles. The van der Waals surface area contributed by atoms with Gasteiger partial charge in [0.1, 0.15) is 5.76 Å². The van der Waals surface area contributed by atoms with Gasteiger partial charge in [0.2, 0.25) is 5.91 Å². The van der Waals surface area contributed by atoms with Crippen LogP contribution < -0.4 is 10.6 Å². The molecule has 0 bridgehead atoms. The van der Waals surface area contributed by atoms with E-state index in [1.807, 2.05) is 12.1 Å². The molecule has 17 heavy (non-hydrogen) atoms. The molecular formula is C11H17IN2O3. The highest BCUT2D eigenvalue weighted by molar-refractivity contribution is 14.1. The van der Waals surface area contributed by atoms with Gasteiger partial charge >= 0.3 is 0 Å². The number of hydrogen-bond donors (Lipinski definition) is 2. The Kier molecular flexibility index (Phi) is 7.22. The van der Waals surface area contributed by atoms with Gasteiger partial charge in [0, 0.05) is 26.6 Å². The van der Waals surface area contributed by atoms with E-state index in [0.717, 1.165) is 9.53 Å². The molecule has 6 heteroatoms. The molecule has 0 aliphatic heterocycles. The number of halogens is 1. The predicted molar refractivity (Wildman–Crippen MR) is 72.6 cm³/mol. The van der Waals surface area contributed by atoms with E-state index in [9.17, 15) is 4.79 Å². The molecule has 0 fully saturated rings. The highest BCUT2D eigenvalue weighted by Crippen LogP contribution is 2.09. The Bertz CT molecular complexity index is 341. The van der Waals surface area contributed by atoms with E-state index in [-0.39, 0.29) is 5.91 Å². The van der Waals surface area contributed by atoms with E-state index in [4.69, 9.17) is 9.15 Å². The third kappa shape index (κ3) is 6.64. The van der Waals surface area contributed by atoms with Crippen LogP contribution in [0.3, 0.4) is 0 Å². The minimum absolute atomic E-state index is 0.0311. The Labute approximate surface area is 114 Å². The number of hydrogen-bond acceptors (Lipinski definition) is 4. The second kappa shape index (κ2) is 8.48. The van der Waals surface area contributed by atoms with Crippen molar-refractivity contribution in [2.75, 3.05) is 26.8 Å². The number of rotatable bonds is 8. The third-order valence-corrected chi connectivity index (χ3v) is 2.67. The molecule has 1 aromatic heterocycles. The zero-order chi connectivity index (χ0) is 12.5. The topological polar surface area (TPSA) is 63.5 Å². The molecule has 2 N–H and O–H groups in total. The lowest BCUT2D eigenvalue weighted by Crippen LogP contribution is -2.29. The molecule has 0 aliphatic rings. The van der Waals surface area contributed by atoms with Gasteiger partial charge in [0.05, 0.1) is 13.2 Å². The molecular weight excluding hydrogens is 335 g/mol. The van der Waals surface area contributed by atoms with Crippen molar-refractivity contribution in [1.82, 2.24) is 10.6 Å². The minimum Gasteiger partial charge on any atom is -0.454 e. The minimum atomic E-state index is 0.0311. The Balaban J connectivity index is 2.02. The van der Waals surface area contributed by atoms with Gasteiger partial charge in [-0.3, -0.25) is 4.79 Å². The first-order valence-electron chi connectivity index (χ1n) is 5.43. The highest BCUT2D eigenvalue weighted by Gasteiger charge is 2.01. The molecule has 1 heterocycles. The fourth-order valence-corrected chi connectivity index (χ4v) is 1.70. The summed E-state index contributed by atoms with van der Waals surface area (Å²) in [6, 6.07) is 3.84. The number of carbonyl (C=O) groups is 1. The number of amides is 1. The highest BCUT2D eigenvalue weighted by atomic mass is 127. The van der Waals surface area contributed by atoms with Gasteiger partial charge in [-0.1, -0.05) is 0 Å². The summed E-state index contributed by atoms with van der Waals surface area (Å²) in [4.78, 5) is 11.3. The smallest absolute Gasteiger partial charge is 0.221 e. The lowest BCUT2D eigenvalue weighted by atomic mass is 10.3. The first-order chi connectivity index (χ1) is 8.22. The first kappa shape index (κ1) is 14.5. The first-order valence-corrected chi connectivity index (χ1v) is 6.51. The summed E-state index contributed by atoms with van der Waals surface area (Å²) in [6.45, 7) is 2.39. The van der Waals surface area contributed by atoms with Crippen LogP contribution in [0.2, 0.25) is 0 Å². The number of nitrogens with one attached hydrogen (secondary N) is 2. The van der Waals surface area contributed by atoms with Crippen LogP contribution in [0.5, 0.6) is 0 Å². The summed E-state index contributed by atoms with van der Waals surface area (Å²) < 4.78 is 11.1. The van der Waals surface area contributed by atoms with Crippen LogP contribution in [-0.4, -0.2) is 32.7 Å². The van der Waals surface area contributed by atoms with E-state index in [2.05, 4.69) is 33.2 Å². The summed E-state index contributed by atoms with van der Waals surface area (Å²) in [5, 5.41) is 5.90. The number of carbonyl (C=O) groups excluding carboxylic acids is 1. The summed E-state index contributed by atoms with van der Waals surface area (Å²) in [7, 11) is 1.61. The van der Waals surface area contributed by atoms with E-state index in [1.165, 1.54) is 0 Å². The van der Waals surface area contributed by atoms with Gasteiger partial charge in [-0.05, 0) is 34.7 Å². The van der Waals surface area contributed by atoms with Crippen molar-refractivity contribution in [3.05, 3.63) is 21.7 Å². The molecule has 0 saturated heterocycles. The van der Waals surface area contributed by atoms with Gasteiger partial charge in [0.25, 0.3) is 0 Å². The van der Waals surface area contributed by atoms with Crippen LogP contribution in [0, 0.1) is 3.77 Å². The quantitative estimate of drug-likeness (QED) is 0.544. The number of ether oxygens (including phenoxy) is 1. The van der Waals surface area contributed by atoms with Gasteiger partial charge < -0.3 is 19.8 Å². The maximum Gasteiger partial charge on any atom is 0.221 e. The molecule has 1 rings (SSSR count). The molecule has 0 spiro atoms. The standard InChI is InChI=1S/C11H17IN2O3/c1-16-7-6-14-11(15)4-5-13-8-9-2-3-10(12)17-9/h2-3,13H,4-8H2,1H3,(H,14,15). The van der Waals surface area contributed by atoms with Crippen molar-refractivity contribution in [3.63, 3.8) is 0 Å². The Morgan fingerprint density at radius 2 is 2.29 bits per heavy atom. The van der Waals surface area contributed by atoms with Crippen LogP contribution in [0.15, 0.2) is 16.5 Å². The SMILES string of the molecule is COCCNC(=O)CCNCc1ccc(I)o1. The fourth-order valence-electron chi connectivity index (χ4n) is 1.24. The molecule has 0 aliphatic carbocycles. The molecule has 0 unspecified atom stereocenters. The zero-order valence-corrected chi connectivity index (χ0v) is 12.0. The number of methoxy groups -OCH3 is 1. The van der Waals surface area contributed by atoms with E-state index in [1.54, 1.807) is 7.11 Å². The largest absolute Gasteiger partial charge is 0.454 e. The van der Waals surface area contributed by atoms with Crippen LogP contribution in [0.25, 0.3) is 0 Å². The average Bonchev–Trinajstić information content (AvgIpc) is 2.71. The monoisotopic (exact) mass is 352 g/mol. The lowest BCUT2D eigenvalue weighted by molar-refractivity contribution is -0.121. The lowest BCUT2D eigenvalue weighted by Gasteiger charge is -2.05. The van der Waals surface area contributed by atoms with E-state index < -0.39 is 0 Å². The molecule has 0 radical (unpaired) electrons. The second-order valence-corrected chi connectivity index (χ2v) is 4.54. The maximum absolute atomic E-state index is 11.3.